The molecule has 0 atom stereocenters. The molecule has 5 nitrogen and oxygen atoms in total. The molecule has 110 valence electrons. The van der Waals surface area contributed by atoms with E-state index in [0.717, 1.165) is 41.8 Å². The quantitative estimate of drug-likeness (QED) is 0.751. The highest BCUT2D eigenvalue weighted by Crippen LogP contribution is 2.39. The van der Waals surface area contributed by atoms with Crippen molar-refractivity contribution in [2.75, 3.05) is 0 Å². The first kappa shape index (κ1) is 13.0. The molecule has 0 spiro atoms. The molecule has 0 bridgehead atoms. The maximum absolute atomic E-state index is 10.7. The summed E-state index contributed by atoms with van der Waals surface area (Å²) in [5.74, 6) is 1.35. The summed E-state index contributed by atoms with van der Waals surface area (Å²) < 4.78 is 1.70. The van der Waals surface area contributed by atoms with Gasteiger partial charge in [-0.15, -0.1) is 0 Å². The largest absolute Gasteiger partial charge is 0.504 e. The fourth-order valence-electron chi connectivity index (χ4n) is 2.65. The zero-order valence-electron chi connectivity index (χ0n) is 11.9. The van der Waals surface area contributed by atoms with E-state index in [2.05, 4.69) is 10.1 Å². The number of carbonyl (C=O) groups excluding carboxylic acids is 1. The monoisotopic (exact) mass is 293 g/mol. The van der Waals surface area contributed by atoms with Gasteiger partial charge in [0.2, 0.25) is 0 Å². The summed E-state index contributed by atoms with van der Waals surface area (Å²) in [6, 6.07) is 11.3. The Hall–Kier alpha value is -2.69. The lowest BCUT2D eigenvalue weighted by Gasteiger charge is -2.06. The van der Waals surface area contributed by atoms with Crippen LogP contribution in [0.3, 0.4) is 0 Å². The van der Waals surface area contributed by atoms with Crippen molar-refractivity contribution in [2.24, 2.45) is 0 Å². The van der Waals surface area contributed by atoms with Crippen LogP contribution >= 0.6 is 0 Å². The second-order valence-corrected chi connectivity index (χ2v) is 5.65. The molecule has 1 aliphatic carbocycles. The summed E-state index contributed by atoms with van der Waals surface area (Å²) in [6.07, 6.45) is 3.51. The van der Waals surface area contributed by atoms with Gasteiger partial charge in [-0.3, -0.25) is 0 Å². The predicted octanol–water partition coefficient (Wildman–Crippen LogP) is 2.72. The number of benzene rings is 1. The molecule has 1 fully saturated rings. The third kappa shape index (κ3) is 2.15. The van der Waals surface area contributed by atoms with E-state index in [1.165, 1.54) is 0 Å². The second-order valence-electron chi connectivity index (χ2n) is 5.65. The minimum absolute atomic E-state index is 0.132. The van der Waals surface area contributed by atoms with E-state index in [4.69, 9.17) is 0 Å². The number of pyridine rings is 1. The SMILES string of the molecule is O=CCc1cccc(-c2ccc(O)c3nc(C4CC4)nn23)c1. The molecule has 0 aliphatic heterocycles. The average molecular weight is 293 g/mol. The van der Waals surface area contributed by atoms with Gasteiger partial charge in [-0.25, -0.2) is 9.50 Å². The molecular formula is C17H15N3O2. The predicted molar refractivity (Wildman–Crippen MR) is 81.8 cm³/mol. The van der Waals surface area contributed by atoms with Crippen LogP contribution in [0.15, 0.2) is 36.4 Å². The molecule has 1 aromatic carbocycles. The van der Waals surface area contributed by atoms with Crippen LogP contribution in [0.2, 0.25) is 0 Å². The zero-order chi connectivity index (χ0) is 15.1. The van der Waals surface area contributed by atoms with E-state index < -0.39 is 0 Å². The molecule has 1 saturated carbocycles. The molecule has 3 aromatic rings. The molecule has 2 heterocycles. The summed E-state index contributed by atoms with van der Waals surface area (Å²) in [5, 5.41) is 14.6. The lowest BCUT2D eigenvalue weighted by atomic mass is 10.1. The first-order chi connectivity index (χ1) is 10.8. The third-order valence-electron chi connectivity index (χ3n) is 3.96. The van der Waals surface area contributed by atoms with Gasteiger partial charge in [0, 0.05) is 17.9 Å². The number of hydrogen-bond donors (Lipinski definition) is 1. The highest BCUT2D eigenvalue weighted by atomic mass is 16.3. The van der Waals surface area contributed by atoms with E-state index in [9.17, 15) is 9.90 Å². The Bertz CT molecular complexity index is 865. The summed E-state index contributed by atoms with van der Waals surface area (Å²) in [5.41, 5.74) is 3.26. The van der Waals surface area contributed by atoms with Crippen molar-refractivity contribution in [3.05, 3.63) is 47.8 Å². The molecule has 0 saturated heterocycles. The summed E-state index contributed by atoms with van der Waals surface area (Å²) >= 11 is 0. The summed E-state index contributed by atoms with van der Waals surface area (Å²) in [7, 11) is 0. The Kier molecular flexibility index (Phi) is 2.92. The van der Waals surface area contributed by atoms with Crippen LogP contribution < -0.4 is 0 Å². The van der Waals surface area contributed by atoms with Gasteiger partial charge in [0.15, 0.2) is 17.2 Å². The summed E-state index contributed by atoms with van der Waals surface area (Å²) in [6.45, 7) is 0. The molecule has 0 unspecified atom stereocenters. The molecule has 4 rings (SSSR count). The minimum Gasteiger partial charge on any atom is -0.504 e. The van der Waals surface area contributed by atoms with Crippen molar-refractivity contribution in [1.82, 2.24) is 14.6 Å². The molecule has 2 aromatic heterocycles. The van der Waals surface area contributed by atoms with Crippen molar-refractivity contribution in [3.63, 3.8) is 0 Å². The van der Waals surface area contributed by atoms with Gasteiger partial charge in [0.05, 0.1) is 5.69 Å². The van der Waals surface area contributed by atoms with Crippen LogP contribution in [0, 0.1) is 0 Å². The van der Waals surface area contributed by atoms with Gasteiger partial charge in [0.25, 0.3) is 0 Å². The number of carbonyl (C=O) groups is 1. The number of aromatic nitrogens is 3. The molecule has 1 aliphatic rings. The Morgan fingerprint density at radius 2 is 2.14 bits per heavy atom. The Morgan fingerprint density at radius 3 is 2.91 bits per heavy atom. The third-order valence-corrected chi connectivity index (χ3v) is 3.96. The first-order valence-electron chi connectivity index (χ1n) is 7.38. The van der Waals surface area contributed by atoms with Crippen LogP contribution in [0.25, 0.3) is 16.9 Å². The Balaban J connectivity index is 1.88. The molecule has 1 N–H and O–H groups in total. The molecule has 0 amide bonds. The average Bonchev–Trinajstić information content (AvgIpc) is 3.27. The fraction of sp³-hybridized carbons (Fsp3) is 0.235. The van der Waals surface area contributed by atoms with Crippen molar-refractivity contribution in [3.8, 4) is 17.0 Å². The van der Waals surface area contributed by atoms with Gasteiger partial charge in [0.1, 0.15) is 6.29 Å². The van der Waals surface area contributed by atoms with Crippen LogP contribution in [0.1, 0.15) is 30.1 Å². The molecule has 22 heavy (non-hydrogen) atoms. The van der Waals surface area contributed by atoms with Gasteiger partial charge in [-0.1, -0.05) is 18.2 Å². The lowest BCUT2D eigenvalue weighted by molar-refractivity contribution is -0.107. The lowest BCUT2D eigenvalue weighted by Crippen LogP contribution is -1.96. The summed E-state index contributed by atoms with van der Waals surface area (Å²) in [4.78, 5) is 15.2. The number of aldehydes is 1. The number of aromatic hydroxyl groups is 1. The van der Waals surface area contributed by atoms with E-state index >= 15 is 0 Å². The van der Waals surface area contributed by atoms with Gasteiger partial charge < -0.3 is 9.90 Å². The fourth-order valence-corrected chi connectivity index (χ4v) is 2.65. The van der Waals surface area contributed by atoms with E-state index in [1.807, 2.05) is 30.3 Å². The standard InChI is InChI=1S/C17H15N3O2/c21-9-8-11-2-1-3-13(10-11)14-6-7-15(22)17-18-16(12-4-5-12)19-20(14)17/h1-3,6-7,9-10,12,22H,4-5,8H2. The molecule has 0 radical (unpaired) electrons. The van der Waals surface area contributed by atoms with Crippen molar-refractivity contribution in [1.29, 1.82) is 0 Å². The van der Waals surface area contributed by atoms with Crippen LogP contribution in [-0.2, 0) is 11.2 Å². The Labute approximate surface area is 127 Å². The van der Waals surface area contributed by atoms with Crippen molar-refractivity contribution in [2.45, 2.75) is 25.2 Å². The van der Waals surface area contributed by atoms with Crippen LogP contribution in [-0.4, -0.2) is 26.0 Å². The highest BCUT2D eigenvalue weighted by molar-refractivity contribution is 5.68. The van der Waals surface area contributed by atoms with Gasteiger partial charge in [-0.2, -0.15) is 5.10 Å². The number of nitrogens with zero attached hydrogens (tertiary/aromatic N) is 3. The van der Waals surface area contributed by atoms with Gasteiger partial charge >= 0.3 is 0 Å². The number of hydrogen-bond acceptors (Lipinski definition) is 4. The van der Waals surface area contributed by atoms with Gasteiger partial charge in [-0.05, 0) is 36.6 Å². The zero-order valence-corrected chi connectivity index (χ0v) is 11.9. The van der Waals surface area contributed by atoms with Crippen LogP contribution in [0.4, 0.5) is 0 Å². The second kappa shape index (κ2) is 4.94. The minimum atomic E-state index is 0.132. The number of fused-ring (bicyclic) bond motifs is 1. The van der Waals surface area contributed by atoms with E-state index in [1.54, 1.807) is 10.6 Å². The Morgan fingerprint density at radius 1 is 1.27 bits per heavy atom. The smallest absolute Gasteiger partial charge is 0.198 e. The number of rotatable bonds is 4. The molecule has 5 heteroatoms. The molecular weight excluding hydrogens is 278 g/mol. The highest BCUT2D eigenvalue weighted by Gasteiger charge is 2.28. The van der Waals surface area contributed by atoms with E-state index in [0.29, 0.717) is 18.0 Å². The van der Waals surface area contributed by atoms with E-state index in [-0.39, 0.29) is 5.75 Å². The topological polar surface area (TPSA) is 67.5 Å². The maximum Gasteiger partial charge on any atom is 0.198 e. The first-order valence-corrected chi connectivity index (χ1v) is 7.38. The van der Waals surface area contributed by atoms with Crippen molar-refractivity contribution < 1.29 is 9.90 Å². The van der Waals surface area contributed by atoms with Crippen LogP contribution in [0.5, 0.6) is 5.75 Å². The maximum atomic E-state index is 10.7. The van der Waals surface area contributed by atoms with Crippen molar-refractivity contribution >= 4 is 11.9 Å². The normalized spacial score (nSPS) is 14.4.